The number of Topliss-reactive ketones (excluding diaryl/α,β-unsaturated/α-hetero) is 1. The Morgan fingerprint density at radius 1 is 1.23 bits per heavy atom. The molecule has 0 bridgehead atoms. The molecule has 5 nitrogen and oxygen atoms in total. The quantitative estimate of drug-likeness (QED) is 0.498. The van der Waals surface area contributed by atoms with Crippen molar-refractivity contribution in [1.29, 1.82) is 0 Å². The minimum absolute atomic E-state index is 0.0345. The summed E-state index contributed by atoms with van der Waals surface area (Å²) in [5.74, 6) is -0.563. The Morgan fingerprint density at radius 2 is 1.95 bits per heavy atom. The van der Waals surface area contributed by atoms with E-state index in [1.807, 2.05) is 6.08 Å². The molecule has 0 radical (unpaired) electrons. The Morgan fingerprint density at radius 3 is 2.55 bits per heavy atom. The molecule has 1 atom stereocenters. The van der Waals surface area contributed by atoms with Crippen LogP contribution in [0.1, 0.15) is 36.5 Å². The molecule has 0 fully saturated rings. The van der Waals surface area contributed by atoms with Gasteiger partial charge in [-0.25, -0.2) is 0 Å². The molecule has 2 rings (SSSR count). The van der Waals surface area contributed by atoms with Gasteiger partial charge in [-0.2, -0.15) is 0 Å². The van der Waals surface area contributed by atoms with Gasteiger partial charge in [-0.1, -0.05) is 12.2 Å². The average molecular weight is 301 g/mol. The molecule has 1 N–H and O–H groups in total. The monoisotopic (exact) mass is 301 g/mol. The third kappa shape index (κ3) is 4.84. The number of amides is 1. The fourth-order valence-electron chi connectivity index (χ4n) is 2.27. The van der Waals surface area contributed by atoms with Crippen molar-refractivity contribution in [2.45, 2.75) is 26.2 Å². The normalized spacial score (nSPS) is 16.3. The zero-order valence-corrected chi connectivity index (χ0v) is 12.5. The van der Waals surface area contributed by atoms with Gasteiger partial charge in [0.25, 0.3) is 5.91 Å². The van der Waals surface area contributed by atoms with Crippen LogP contribution in [-0.2, 0) is 14.3 Å². The van der Waals surface area contributed by atoms with E-state index in [1.165, 1.54) is 6.92 Å². The number of hydrogen-bond donors (Lipinski definition) is 1. The van der Waals surface area contributed by atoms with Crippen LogP contribution >= 0.6 is 0 Å². The summed E-state index contributed by atoms with van der Waals surface area (Å²) in [5.41, 5.74) is 1.14. The molecule has 1 amide bonds. The molecule has 1 aliphatic rings. The Balaban J connectivity index is 1.74. The van der Waals surface area contributed by atoms with Crippen molar-refractivity contribution in [3.05, 3.63) is 42.0 Å². The zero-order chi connectivity index (χ0) is 15.9. The number of rotatable bonds is 6. The molecule has 1 aliphatic carbocycles. The predicted molar refractivity (Wildman–Crippen MR) is 82.5 cm³/mol. The summed E-state index contributed by atoms with van der Waals surface area (Å²) in [4.78, 5) is 34.5. The SMILES string of the molecule is CC(=O)c1ccc(NC(=O)COC(=O)C[C@H]2C=CCC2)cc1. The largest absolute Gasteiger partial charge is 0.456 e. The third-order valence-electron chi connectivity index (χ3n) is 3.48. The maximum atomic E-state index is 11.7. The van der Waals surface area contributed by atoms with Gasteiger partial charge in [-0.3, -0.25) is 14.4 Å². The molecule has 22 heavy (non-hydrogen) atoms. The number of ether oxygens (including phenoxy) is 1. The third-order valence-corrected chi connectivity index (χ3v) is 3.48. The van der Waals surface area contributed by atoms with Gasteiger partial charge >= 0.3 is 5.97 Å². The number of anilines is 1. The van der Waals surface area contributed by atoms with Gasteiger partial charge in [-0.15, -0.1) is 0 Å². The van der Waals surface area contributed by atoms with E-state index < -0.39 is 5.91 Å². The van der Waals surface area contributed by atoms with E-state index in [0.29, 0.717) is 17.7 Å². The van der Waals surface area contributed by atoms with Crippen LogP contribution in [0.4, 0.5) is 5.69 Å². The first kappa shape index (κ1) is 15.9. The second kappa shape index (κ2) is 7.54. The van der Waals surface area contributed by atoms with E-state index in [1.54, 1.807) is 24.3 Å². The number of carbonyl (C=O) groups is 3. The maximum absolute atomic E-state index is 11.7. The van der Waals surface area contributed by atoms with Crippen LogP contribution < -0.4 is 5.32 Å². The number of esters is 1. The van der Waals surface area contributed by atoms with E-state index in [-0.39, 0.29) is 24.3 Å². The van der Waals surface area contributed by atoms with Crippen LogP contribution in [0.5, 0.6) is 0 Å². The second-order valence-electron chi connectivity index (χ2n) is 5.31. The highest BCUT2D eigenvalue weighted by atomic mass is 16.5. The second-order valence-corrected chi connectivity index (χ2v) is 5.31. The molecule has 0 saturated heterocycles. The molecule has 5 heteroatoms. The first-order valence-electron chi connectivity index (χ1n) is 7.28. The summed E-state index contributed by atoms with van der Waals surface area (Å²) >= 11 is 0. The molecule has 0 spiro atoms. The van der Waals surface area contributed by atoms with Gasteiger partial charge in [0, 0.05) is 11.3 Å². The van der Waals surface area contributed by atoms with Crippen LogP contribution in [0.3, 0.4) is 0 Å². The van der Waals surface area contributed by atoms with E-state index in [9.17, 15) is 14.4 Å². The maximum Gasteiger partial charge on any atom is 0.306 e. The average Bonchev–Trinajstić information content (AvgIpc) is 2.98. The van der Waals surface area contributed by atoms with Gasteiger partial charge in [0.15, 0.2) is 12.4 Å². The highest BCUT2D eigenvalue weighted by molar-refractivity contribution is 5.96. The molecular weight excluding hydrogens is 282 g/mol. The minimum atomic E-state index is -0.397. The predicted octanol–water partition coefficient (Wildman–Crippen LogP) is 2.73. The fourth-order valence-corrected chi connectivity index (χ4v) is 2.27. The van der Waals surface area contributed by atoms with E-state index in [4.69, 9.17) is 4.74 Å². The van der Waals surface area contributed by atoms with Crippen molar-refractivity contribution in [2.24, 2.45) is 5.92 Å². The summed E-state index contributed by atoms with van der Waals surface area (Å²) in [6.45, 7) is 1.18. The number of carbonyl (C=O) groups excluding carboxylic acids is 3. The lowest BCUT2D eigenvalue weighted by Gasteiger charge is -2.09. The Bertz CT molecular complexity index is 589. The van der Waals surface area contributed by atoms with Crippen molar-refractivity contribution in [2.75, 3.05) is 11.9 Å². The number of allylic oxidation sites excluding steroid dienone is 2. The van der Waals surface area contributed by atoms with E-state index in [2.05, 4.69) is 11.4 Å². The highest BCUT2D eigenvalue weighted by Crippen LogP contribution is 2.20. The zero-order valence-electron chi connectivity index (χ0n) is 12.5. The molecule has 0 heterocycles. The molecule has 1 aromatic rings. The molecule has 0 aromatic heterocycles. The van der Waals surface area contributed by atoms with Crippen molar-refractivity contribution in [1.82, 2.24) is 0 Å². The summed E-state index contributed by atoms with van der Waals surface area (Å²) in [6.07, 6.45) is 6.34. The van der Waals surface area contributed by atoms with Gasteiger partial charge in [-0.05, 0) is 49.9 Å². The summed E-state index contributed by atoms with van der Waals surface area (Å²) in [6, 6.07) is 6.55. The number of benzene rings is 1. The lowest BCUT2D eigenvalue weighted by molar-refractivity contribution is -0.147. The Hall–Kier alpha value is -2.43. The highest BCUT2D eigenvalue weighted by Gasteiger charge is 2.16. The first-order chi connectivity index (χ1) is 10.5. The van der Waals surface area contributed by atoms with Crippen LogP contribution in [0, 0.1) is 5.92 Å². The van der Waals surface area contributed by atoms with Crippen LogP contribution in [0.15, 0.2) is 36.4 Å². The van der Waals surface area contributed by atoms with E-state index >= 15 is 0 Å². The van der Waals surface area contributed by atoms with Crippen LogP contribution in [0.2, 0.25) is 0 Å². The summed E-state index contributed by atoms with van der Waals surface area (Å²) in [7, 11) is 0. The van der Waals surface area contributed by atoms with Gasteiger partial charge in [0.05, 0.1) is 6.42 Å². The van der Waals surface area contributed by atoms with Gasteiger partial charge in [0.2, 0.25) is 0 Å². The van der Waals surface area contributed by atoms with Crippen LogP contribution in [0.25, 0.3) is 0 Å². The van der Waals surface area contributed by atoms with Gasteiger partial charge < -0.3 is 10.1 Å². The molecular formula is C17H19NO4. The molecule has 116 valence electrons. The minimum Gasteiger partial charge on any atom is -0.456 e. The van der Waals surface area contributed by atoms with Crippen LogP contribution in [-0.4, -0.2) is 24.3 Å². The van der Waals surface area contributed by atoms with Crippen molar-refractivity contribution in [3.8, 4) is 0 Å². The van der Waals surface area contributed by atoms with E-state index in [0.717, 1.165) is 12.8 Å². The first-order valence-corrected chi connectivity index (χ1v) is 7.28. The lowest BCUT2D eigenvalue weighted by atomic mass is 10.1. The Kier molecular flexibility index (Phi) is 5.47. The summed E-state index contributed by atoms with van der Waals surface area (Å²) in [5, 5.41) is 2.62. The molecule has 0 unspecified atom stereocenters. The number of nitrogens with one attached hydrogen (secondary N) is 1. The van der Waals surface area contributed by atoms with Crippen molar-refractivity contribution in [3.63, 3.8) is 0 Å². The molecule has 1 aromatic carbocycles. The fraction of sp³-hybridized carbons (Fsp3) is 0.353. The van der Waals surface area contributed by atoms with Crippen molar-refractivity contribution < 1.29 is 19.1 Å². The number of ketones is 1. The van der Waals surface area contributed by atoms with Crippen molar-refractivity contribution >= 4 is 23.3 Å². The Labute approximate surface area is 129 Å². The lowest BCUT2D eigenvalue weighted by Crippen LogP contribution is -2.21. The number of hydrogen-bond acceptors (Lipinski definition) is 4. The summed E-state index contributed by atoms with van der Waals surface area (Å²) < 4.78 is 4.96. The smallest absolute Gasteiger partial charge is 0.306 e. The molecule has 0 aliphatic heterocycles. The standard InChI is InChI=1S/C17H19NO4/c1-12(19)14-6-8-15(9-7-14)18-16(20)11-22-17(21)10-13-4-2-3-5-13/h2,4,6-9,13H,3,5,10-11H2,1H3,(H,18,20)/t13-/m0/s1. The molecule has 0 saturated carbocycles. The topological polar surface area (TPSA) is 72.5 Å². The van der Waals surface area contributed by atoms with Gasteiger partial charge in [0.1, 0.15) is 0 Å².